The van der Waals surface area contributed by atoms with Gasteiger partial charge in [0.25, 0.3) is 11.8 Å². The van der Waals surface area contributed by atoms with E-state index in [0.29, 0.717) is 21.7 Å². The van der Waals surface area contributed by atoms with Crippen molar-refractivity contribution in [2.45, 2.75) is 31.2 Å². The first kappa shape index (κ1) is 18.2. The van der Waals surface area contributed by atoms with Gasteiger partial charge in [0.2, 0.25) is 0 Å². The van der Waals surface area contributed by atoms with Gasteiger partial charge in [0, 0.05) is 21.6 Å². The highest BCUT2D eigenvalue weighted by atomic mass is 32.2. The van der Waals surface area contributed by atoms with Crippen molar-refractivity contribution in [3.63, 3.8) is 0 Å². The topological polar surface area (TPSA) is 58.2 Å². The zero-order valence-electron chi connectivity index (χ0n) is 14.7. The molecule has 1 aliphatic heterocycles. The Bertz CT molecular complexity index is 916. The van der Waals surface area contributed by atoms with E-state index in [0.717, 1.165) is 4.90 Å². The highest BCUT2D eigenvalue weighted by Gasteiger charge is 2.23. The highest BCUT2D eigenvalue weighted by Crippen LogP contribution is 2.39. The van der Waals surface area contributed by atoms with Gasteiger partial charge in [0.15, 0.2) is 0 Å². The summed E-state index contributed by atoms with van der Waals surface area (Å²) in [6, 6.07) is 11.4. The molecular formula is C20H19FN2O2S. The molecule has 1 heterocycles. The number of hydrogen-bond acceptors (Lipinski definition) is 3. The molecule has 2 aromatic rings. The molecule has 4 nitrogen and oxygen atoms in total. The Balaban J connectivity index is 1.87. The summed E-state index contributed by atoms with van der Waals surface area (Å²) in [5.41, 5.74) is 1.06. The van der Waals surface area contributed by atoms with Crippen molar-refractivity contribution in [2.75, 3.05) is 5.32 Å². The number of carbonyl (C=O) groups excluding carboxylic acids is 2. The molecule has 0 aromatic heterocycles. The van der Waals surface area contributed by atoms with Gasteiger partial charge in [-0.3, -0.25) is 9.59 Å². The van der Waals surface area contributed by atoms with Gasteiger partial charge in [0.1, 0.15) is 5.82 Å². The molecule has 0 aliphatic carbocycles. The molecule has 0 fully saturated rings. The molecule has 0 bridgehead atoms. The van der Waals surface area contributed by atoms with Crippen LogP contribution < -0.4 is 10.6 Å². The molecule has 1 aliphatic rings. The summed E-state index contributed by atoms with van der Waals surface area (Å²) in [4.78, 5) is 25.8. The fourth-order valence-electron chi connectivity index (χ4n) is 2.45. The summed E-state index contributed by atoms with van der Waals surface area (Å²) in [6.45, 7) is 5.71. The molecule has 0 atom stereocenters. The van der Waals surface area contributed by atoms with Crippen LogP contribution in [0.15, 0.2) is 52.3 Å². The highest BCUT2D eigenvalue weighted by molar-refractivity contribution is 8.04. The van der Waals surface area contributed by atoms with Crippen molar-refractivity contribution in [3.05, 3.63) is 64.3 Å². The predicted molar refractivity (Wildman–Crippen MR) is 103 cm³/mol. The molecule has 2 N–H and O–H groups in total. The molecule has 2 aromatic carbocycles. The van der Waals surface area contributed by atoms with Crippen molar-refractivity contribution in [1.29, 1.82) is 0 Å². The van der Waals surface area contributed by atoms with Crippen LogP contribution in [0.1, 0.15) is 36.7 Å². The maximum Gasteiger partial charge on any atom is 0.262 e. The Labute approximate surface area is 155 Å². The fourth-order valence-corrected chi connectivity index (χ4v) is 3.37. The van der Waals surface area contributed by atoms with E-state index in [2.05, 4.69) is 10.6 Å². The standard InChI is InChI=1S/C20H19FN2O2S/c1-20(2,3)23-18(24)13-8-9-16-15(10-13)22-19(25)17(26-16)11-12-6-4-5-7-14(12)21/h4-11H,1-3H3,(H,22,25)(H,23,24)/b17-11+. The van der Waals surface area contributed by atoms with Crippen molar-refractivity contribution in [3.8, 4) is 0 Å². The third-order valence-corrected chi connectivity index (χ3v) is 4.71. The lowest BCUT2D eigenvalue weighted by atomic mass is 10.1. The van der Waals surface area contributed by atoms with Crippen molar-refractivity contribution in [1.82, 2.24) is 5.32 Å². The summed E-state index contributed by atoms with van der Waals surface area (Å²) in [7, 11) is 0. The fraction of sp³-hybridized carbons (Fsp3) is 0.200. The molecule has 0 spiro atoms. The zero-order valence-corrected chi connectivity index (χ0v) is 15.5. The number of hydrogen-bond donors (Lipinski definition) is 2. The number of fused-ring (bicyclic) bond motifs is 1. The second-order valence-corrected chi connectivity index (χ2v) is 8.09. The van der Waals surface area contributed by atoms with Crippen molar-refractivity contribution < 1.29 is 14.0 Å². The molecule has 2 amide bonds. The summed E-state index contributed by atoms with van der Waals surface area (Å²) < 4.78 is 13.8. The number of anilines is 1. The van der Waals surface area contributed by atoms with Crippen LogP contribution in [0.25, 0.3) is 6.08 Å². The Hall–Kier alpha value is -2.60. The first-order valence-corrected chi connectivity index (χ1v) is 8.96. The van der Waals surface area contributed by atoms with Gasteiger partial charge in [-0.2, -0.15) is 0 Å². The Morgan fingerprint density at radius 3 is 2.62 bits per heavy atom. The summed E-state index contributed by atoms with van der Waals surface area (Å²) in [5.74, 6) is -0.903. The average molecular weight is 370 g/mol. The van der Waals surface area contributed by atoms with Gasteiger partial charge in [-0.15, -0.1) is 0 Å². The SMILES string of the molecule is CC(C)(C)NC(=O)c1ccc2c(c1)NC(=O)/C(=C\c1ccccc1F)S2. The lowest BCUT2D eigenvalue weighted by Crippen LogP contribution is -2.40. The van der Waals surface area contributed by atoms with Crippen molar-refractivity contribution >= 4 is 35.3 Å². The second kappa shape index (κ2) is 6.96. The van der Waals surface area contributed by atoms with Crippen LogP contribution in [0.5, 0.6) is 0 Å². The minimum atomic E-state index is -0.381. The normalized spacial score (nSPS) is 15.4. The molecule has 0 radical (unpaired) electrons. The monoisotopic (exact) mass is 370 g/mol. The first-order valence-electron chi connectivity index (χ1n) is 8.15. The van der Waals surface area contributed by atoms with Gasteiger partial charge in [0.05, 0.1) is 10.6 Å². The molecule has 0 unspecified atom stereocenters. The molecule has 0 saturated heterocycles. The molecule has 3 rings (SSSR count). The number of thioether (sulfide) groups is 1. The summed E-state index contributed by atoms with van der Waals surface area (Å²) >= 11 is 1.25. The van der Waals surface area contributed by atoms with E-state index in [1.54, 1.807) is 36.4 Å². The van der Waals surface area contributed by atoms with Gasteiger partial charge in [-0.1, -0.05) is 30.0 Å². The van der Waals surface area contributed by atoms with E-state index in [1.807, 2.05) is 20.8 Å². The van der Waals surface area contributed by atoms with Crippen LogP contribution in [0.2, 0.25) is 0 Å². The van der Waals surface area contributed by atoms with E-state index >= 15 is 0 Å². The van der Waals surface area contributed by atoms with Gasteiger partial charge in [-0.05, 0) is 51.1 Å². The van der Waals surface area contributed by atoms with Crippen LogP contribution >= 0.6 is 11.8 Å². The molecule has 26 heavy (non-hydrogen) atoms. The van der Waals surface area contributed by atoms with Crippen molar-refractivity contribution in [2.24, 2.45) is 0 Å². The summed E-state index contributed by atoms with van der Waals surface area (Å²) in [6.07, 6.45) is 1.53. The van der Waals surface area contributed by atoms with E-state index < -0.39 is 0 Å². The molecule has 6 heteroatoms. The maximum absolute atomic E-state index is 13.8. The quantitative estimate of drug-likeness (QED) is 0.769. The number of nitrogens with one attached hydrogen (secondary N) is 2. The third-order valence-electron chi connectivity index (χ3n) is 3.61. The first-order chi connectivity index (χ1) is 12.2. The van der Waals surface area contributed by atoms with Crippen LogP contribution in [-0.2, 0) is 4.79 Å². The lowest BCUT2D eigenvalue weighted by molar-refractivity contribution is -0.112. The van der Waals surface area contributed by atoms with E-state index in [4.69, 9.17) is 0 Å². The minimum absolute atomic E-state index is 0.202. The van der Waals surface area contributed by atoms with Crippen LogP contribution in [-0.4, -0.2) is 17.4 Å². The Kier molecular flexibility index (Phi) is 4.87. The summed E-state index contributed by atoms with van der Waals surface area (Å²) in [5, 5.41) is 5.67. The van der Waals surface area contributed by atoms with Crippen LogP contribution in [0.4, 0.5) is 10.1 Å². The van der Waals surface area contributed by atoms with E-state index in [-0.39, 0.29) is 23.2 Å². The maximum atomic E-state index is 13.8. The van der Waals surface area contributed by atoms with Crippen LogP contribution in [0, 0.1) is 5.82 Å². The zero-order chi connectivity index (χ0) is 18.9. The number of halogens is 1. The lowest BCUT2D eigenvalue weighted by Gasteiger charge is -2.22. The Morgan fingerprint density at radius 2 is 1.92 bits per heavy atom. The largest absolute Gasteiger partial charge is 0.347 e. The Morgan fingerprint density at radius 1 is 1.19 bits per heavy atom. The van der Waals surface area contributed by atoms with E-state index in [1.165, 1.54) is 23.9 Å². The van der Waals surface area contributed by atoms with E-state index in [9.17, 15) is 14.0 Å². The molecule has 134 valence electrons. The second-order valence-electron chi connectivity index (χ2n) is 7.00. The van der Waals surface area contributed by atoms with Gasteiger partial charge >= 0.3 is 0 Å². The molecular weight excluding hydrogens is 351 g/mol. The third kappa shape index (κ3) is 4.14. The predicted octanol–water partition coefficient (Wildman–Crippen LogP) is 4.44. The van der Waals surface area contributed by atoms with Gasteiger partial charge < -0.3 is 10.6 Å². The van der Waals surface area contributed by atoms with Gasteiger partial charge in [-0.25, -0.2) is 4.39 Å². The number of carbonyl (C=O) groups is 2. The number of amides is 2. The molecule has 0 saturated carbocycles. The number of benzene rings is 2. The van der Waals surface area contributed by atoms with Crippen LogP contribution in [0.3, 0.4) is 0 Å². The minimum Gasteiger partial charge on any atom is -0.347 e. The average Bonchev–Trinajstić information content (AvgIpc) is 2.55. The number of rotatable bonds is 2. The smallest absolute Gasteiger partial charge is 0.262 e.